The van der Waals surface area contributed by atoms with Crippen LogP contribution >= 0.6 is 0 Å². The summed E-state index contributed by atoms with van der Waals surface area (Å²) in [6, 6.07) is 0.263. The van der Waals surface area contributed by atoms with Crippen molar-refractivity contribution in [2.24, 2.45) is 0 Å². The van der Waals surface area contributed by atoms with E-state index in [9.17, 15) is 4.79 Å². The van der Waals surface area contributed by atoms with Crippen molar-refractivity contribution in [2.75, 3.05) is 0 Å². The lowest BCUT2D eigenvalue weighted by atomic mass is 10.4. The number of fused-ring (bicyclic) bond motifs is 1. The minimum absolute atomic E-state index is 0.190. The van der Waals surface area contributed by atoms with Crippen LogP contribution in [-0.4, -0.2) is 19.5 Å². The van der Waals surface area contributed by atoms with Crippen LogP contribution in [0.15, 0.2) is 17.4 Å². The highest BCUT2D eigenvalue weighted by atomic mass is 16.1. The lowest BCUT2D eigenvalue weighted by molar-refractivity contribution is 0.612. The monoisotopic (exact) mass is 208 g/mol. The van der Waals surface area contributed by atoms with Gasteiger partial charge in [-0.05, 0) is 13.8 Å². The van der Waals surface area contributed by atoms with Crippen molar-refractivity contribution in [1.29, 1.82) is 0 Å². The predicted octanol–water partition coefficient (Wildman–Crippen LogP) is 1.73. The van der Waals surface area contributed by atoms with Crippen LogP contribution in [0.2, 0.25) is 0 Å². The van der Waals surface area contributed by atoms with Gasteiger partial charge in [0.1, 0.15) is 0 Å². The van der Waals surface area contributed by atoms with Crippen molar-refractivity contribution < 1.29 is 0 Å². The fourth-order valence-corrected chi connectivity index (χ4v) is 1.24. The number of hydrogen-bond acceptors (Lipinski definition) is 3. The van der Waals surface area contributed by atoms with E-state index >= 15 is 0 Å². The van der Waals surface area contributed by atoms with E-state index in [-0.39, 0.29) is 11.6 Å². The Hall–Kier alpha value is -1.65. The topological polar surface area (TPSA) is 63.6 Å². The molecule has 0 aromatic carbocycles. The number of nitrogens with zero attached hydrogens (tertiary/aromatic N) is 3. The van der Waals surface area contributed by atoms with Gasteiger partial charge in [0.15, 0.2) is 11.2 Å². The van der Waals surface area contributed by atoms with Gasteiger partial charge in [0.25, 0.3) is 5.56 Å². The van der Waals surface area contributed by atoms with E-state index in [1.54, 1.807) is 6.33 Å². The molecule has 0 radical (unpaired) electrons. The van der Waals surface area contributed by atoms with E-state index in [0.717, 1.165) is 0 Å². The summed E-state index contributed by atoms with van der Waals surface area (Å²) < 4.78 is 1.87. The zero-order valence-electron chi connectivity index (χ0n) is 9.48. The maximum Gasteiger partial charge on any atom is 0.278 e. The molecule has 0 spiro atoms. The minimum atomic E-state index is -0.190. The van der Waals surface area contributed by atoms with Crippen LogP contribution in [0, 0.1) is 0 Å². The zero-order valence-corrected chi connectivity index (χ0v) is 9.48. The Bertz CT molecular complexity index is 483. The molecule has 0 atom stereocenters. The molecule has 0 aliphatic heterocycles. The molecule has 2 rings (SSSR count). The van der Waals surface area contributed by atoms with E-state index in [2.05, 4.69) is 15.0 Å². The Morgan fingerprint density at radius 2 is 2.00 bits per heavy atom. The summed E-state index contributed by atoms with van der Waals surface area (Å²) in [5.74, 6) is 0. The summed E-state index contributed by atoms with van der Waals surface area (Å²) in [7, 11) is 0. The first-order valence-electron chi connectivity index (χ1n) is 5.10. The van der Waals surface area contributed by atoms with Crippen molar-refractivity contribution >= 4 is 11.2 Å². The van der Waals surface area contributed by atoms with Gasteiger partial charge in [0, 0.05) is 6.04 Å². The summed E-state index contributed by atoms with van der Waals surface area (Å²) in [5, 5.41) is 0. The van der Waals surface area contributed by atoms with Crippen LogP contribution in [0.25, 0.3) is 11.2 Å². The van der Waals surface area contributed by atoms with Gasteiger partial charge in [-0.15, -0.1) is 0 Å². The van der Waals surface area contributed by atoms with E-state index in [1.165, 1.54) is 6.33 Å². The molecular formula is C10H16N4O. The molecule has 0 unspecified atom stereocenters. The fourth-order valence-electron chi connectivity index (χ4n) is 1.24. The molecule has 2 heterocycles. The third-order valence-electron chi connectivity index (χ3n) is 1.92. The molecule has 82 valence electrons. The molecule has 0 bridgehead atoms. The number of rotatable bonds is 1. The van der Waals surface area contributed by atoms with E-state index in [0.29, 0.717) is 11.2 Å². The van der Waals surface area contributed by atoms with E-state index in [1.807, 2.05) is 32.3 Å². The Morgan fingerprint density at radius 3 is 2.60 bits per heavy atom. The number of nitrogens with one attached hydrogen (secondary N) is 1. The third-order valence-corrected chi connectivity index (χ3v) is 1.92. The van der Waals surface area contributed by atoms with Crippen LogP contribution in [0.1, 0.15) is 33.7 Å². The minimum Gasteiger partial charge on any atom is -0.313 e. The smallest absolute Gasteiger partial charge is 0.278 e. The van der Waals surface area contributed by atoms with Crippen molar-refractivity contribution in [1.82, 2.24) is 19.5 Å². The molecule has 1 N–H and O–H groups in total. The summed E-state index contributed by atoms with van der Waals surface area (Å²) in [5.41, 5.74) is 0.847. The molecule has 2 aromatic heterocycles. The standard InChI is InChI=1S/C8H10N4O.C2H6/c1-5(2)12-4-11-6-7(12)9-3-10-8(6)13;1-2/h3-5H,1-2H3,(H,9,10,13);1-2H3. The third kappa shape index (κ3) is 2.06. The first-order valence-corrected chi connectivity index (χ1v) is 5.10. The molecule has 5 nitrogen and oxygen atoms in total. The number of imidazole rings is 1. The van der Waals surface area contributed by atoms with Crippen molar-refractivity contribution in [2.45, 2.75) is 33.7 Å². The molecule has 0 amide bonds. The normalized spacial score (nSPS) is 10.2. The van der Waals surface area contributed by atoms with Gasteiger partial charge in [-0.25, -0.2) is 9.97 Å². The van der Waals surface area contributed by atoms with Gasteiger partial charge in [-0.2, -0.15) is 0 Å². The number of H-pyrrole nitrogens is 1. The second-order valence-corrected chi connectivity index (χ2v) is 3.15. The molecule has 5 heteroatoms. The molecule has 0 saturated carbocycles. The van der Waals surface area contributed by atoms with Crippen LogP contribution in [-0.2, 0) is 0 Å². The maximum absolute atomic E-state index is 11.2. The Balaban J connectivity index is 0.000000531. The lowest BCUT2D eigenvalue weighted by Crippen LogP contribution is -2.08. The predicted molar refractivity (Wildman–Crippen MR) is 59.9 cm³/mol. The molecule has 2 aromatic rings. The summed E-state index contributed by atoms with van der Waals surface area (Å²) in [6.07, 6.45) is 3.03. The molecule has 0 fully saturated rings. The second kappa shape index (κ2) is 4.72. The average Bonchev–Trinajstić information content (AvgIpc) is 2.66. The molecule has 0 aliphatic rings. The number of aromatic amines is 1. The van der Waals surface area contributed by atoms with Crippen LogP contribution in [0.5, 0.6) is 0 Å². The highest BCUT2D eigenvalue weighted by Crippen LogP contribution is 2.10. The SMILES string of the molecule is CC.CC(C)n1cnc2c(=O)[nH]cnc21. The Morgan fingerprint density at radius 1 is 1.33 bits per heavy atom. The van der Waals surface area contributed by atoms with Crippen LogP contribution < -0.4 is 5.56 Å². The Kier molecular flexibility index (Phi) is 3.60. The fraction of sp³-hybridized carbons (Fsp3) is 0.500. The highest BCUT2D eigenvalue weighted by molar-refractivity contribution is 5.68. The summed E-state index contributed by atoms with van der Waals surface area (Å²) in [6.45, 7) is 8.04. The van der Waals surface area contributed by atoms with Gasteiger partial charge in [0.2, 0.25) is 0 Å². The van der Waals surface area contributed by atoms with E-state index < -0.39 is 0 Å². The zero-order chi connectivity index (χ0) is 11.4. The second-order valence-electron chi connectivity index (χ2n) is 3.15. The van der Waals surface area contributed by atoms with Crippen molar-refractivity contribution in [3.05, 3.63) is 23.0 Å². The van der Waals surface area contributed by atoms with Crippen molar-refractivity contribution in [3.63, 3.8) is 0 Å². The largest absolute Gasteiger partial charge is 0.313 e. The van der Waals surface area contributed by atoms with Crippen molar-refractivity contribution in [3.8, 4) is 0 Å². The molecule has 0 aliphatic carbocycles. The van der Waals surface area contributed by atoms with E-state index in [4.69, 9.17) is 0 Å². The summed E-state index contributed by atoms with van der Waals surface area (Å²) in [4.78, 5) is 21.8. The van der Waals surface area contributed by atoms with Gasteiger partial charge in [-0.3, -0.25) is 4.79 Å². The first kappa shape index (κ1) is 11.4. The molecular weight excluding hydrogens is 192 g/mol. The number of hydrogen-bond donors (Lipinski definition) is 1. The first-order chi connectivity index (χ1) is 7.20. The Labute approximate surface area is 88.2 Å². The van der Waals surface area contributed by atoms with Gasteiger partial charge in [-0.1, -0.05) is 13.8 Å². The lowest BCUT2D eigenvalue weighted by Gasteiger charge is -2.05. The highest BCUT2D eigenvalue weighted by Gasteiger charge is 2.08. The van der Waals surface area contributed by atoms with Gasteiger partial charge < -0.3 is 9.55 Å². The van der Waals surface area contributed by atoms with Gasteiger partial charge >= 0.3 is 0 Å². The maximum atomic E-state index is 11.2. The molecule has 0 saturated heterocycles. The van der Waals surface area contributed by atoms with Crippen LogP contribution in [0.3, 0.4) is 0 Å². The van der Waals surface area contributed by atoms with Crippen LogP contribution in [0.4, 0.5) is 0 Å². The van der Waals surface area contributed by atoms with Gasteiger partial charge in [0.05, 0.1) is 12.7 Å². The summed E-state index contributed by atoms with van der Waals surface area (Å²) >= 11 is 0. The number of aromatic nitrogens is 4. The quantitative estimate of drug-likeness (QED) is 0.776. The average molecular weight is 208 g/mol. The molecule has 15 heavy (non-hydrogen) atoms.